The van der Waals surface area contributed by atoms with E-state index in [0.29, 0.717) is 23.7 Å². The van der Waals surface area contributed by atoms with E-state index in [0.717, 1.165) is 12.8 Å². The van der Waals surface area contributed by atoms with Crippen molar-refractivity contribution >= 4 is 11.6 Å². The predicted molar refractivity (Wildman–Crippen MR) is 73.1 cm³/mol. The minimum absolute atomic E-state index is 0.138. The van der Waals surface area contributed by atoms with Gasteiger partial charge in [-0.3, -0.25) is 15.6 Å². The van der Waals surface area contributed by atoms with Crippen molar-refractivity contribution in [3.05, 3.63) is 24.0 Å². The number of anilines is 1. The van der Waals surface area contributed by atoms with Gasteiger partial charge in [0.1, 0.15) is 0 Å². The molecule has 0 aliphatic heterocycles. The Labute approximate surface area is 108 Å². The molecule has 0 bridgehead atoms. The van der Waals surface area contributed by atoms with E-state index in [9.17, 15) is 4.79 Å². The highest BCUT2D eigenvalue weighted by molar-refractivity contribution is 5.99. The Kier molecular flexibility index (Phi) is 6.14. The third kappa shape index (κ3) is 4.71. The van der Waals surface area contributed by atoms with Crippen molar-refractivity contribution in [2.45, 2.75) is 33.1 Å². The second-order valence-electron chi connectivity index (χ2n) is 4.71. The fourth-order valence-electron chi connectivity index (χ4n) is 1.68. The Morgan fingerprint density at radius 3 is 2.89 bits per heavy atom. The van der Waals surface area contributed by atoms with E-state index >= 15 is 0 Å². The van der Waals surface area contributed by atoms with Crippen LogP contribution in [0, 0.1) is 5.92 Å². The first-order valence-corrected chi connectivity index (χ1v) is 6.34. The Hall–Kier alpha value is -1.62. The van der Waals surface area contributed by atoms with Gasteiger partial charge < -0.3 is 10.7 Å². The quantitative estimate of drug-likeness (QED) is 0.392. The fourth-order valence-corrected chi connectivity index (χ4v) is 1.68. The van der Waals surface area contributed by atoms with Crippen molar-refractivity contribution < 1.29 is 4.79 Å². The molecular weight excluding hydrogens is 228 g/mol. The highest BCUT2D eigenvalue weighted by Gasteiger charge is 2.09. The third-order valence-corrected chi connectivity index (χ3v) is 2.72. The summed E-state index contributed by atoms with van der Waals surface area (Å²) in [7, 11) is 0. The van der Waals surface area contributed by atoms with Crippen LogP contribution in [0.15, 0.2) is 18.5 Å². The van der Waals surface area contributed by atoms with Crippen LogP contribution in [0.25, 0.3) is 0 Å². The van der Waals surface area contributed by atoms with Crippen LogP contribution in [0.3, 0.4) is 0 Å². The van der Waals surface area contributed by atoms with Crippen molar-refractivity contribution in [3.8, 4) is 0 Å². The van der Waals surface area contributed by atoms with Gasteiger partial charge in [-0.2, -0.15) is 0 Å². The number of nitrogens with two attached hydrogens (primary N) is 1. The first kappa shape index (κ1) is 14.4. The number of amides is 1. The zero-order valence-electron chi connectivity index (χ0n) is 11.1. The summed E-state index contributed by atoms with van der Waals surface area (Å²) in [5.74, 6) is 5.92. The van der Waals surface area contributed by atoms with Crippen molar-refractivity contribution in [2.24, 2.45) is 11.8 Å². The van der Waals surface area contributed by atoms with Gasteiger partial charge in [-0.1, -0.05) is 26.7 Å². The minimum Gasteiger partial charge on any atom is -0.352 e. The number of pyridine rings is 1. The van der Waals surface area contributed by atoms with E-state index in [1.54, 1.807) is 12.3 Å². The number of nitrogens with one attached hydrogen (secondary N) is 2. The van der Waals surface area contributed by atoms with Crippen LogP contribution < -0.4 is 16.6 Å². The Bertz CT molecular complexity index is 379. The summed E-state index contributed by atoms with van der Waals surface area (Å²) in [5.41, 5.74) is 3.56. The van der Waals surface area contributed by atoms with Gasteiger partial charge in [0.2, 0.25) is 0 Å². The highest BCUT2D eigenvalue weighted by atomic mass is 16.1. The van der Waals surface area contributed by atoms with Gasteiger partial charge >= 0.3 is 0 Å². The Morgan fingerprint density at radius 2 is 2.22 bits per heavy atom. The molecule has 0 saturated carbocycles. The molecule has 18 heavy (non-hydrogen) atoms. The zero-order valence-corrected chi connectivity index (χ0v) is 11.1. The highest BCUT2D eigenvalue weighted by Crippen LogP contribution is 2.11. The van der Waals surface area contributed by atoms with Crippen LogP contribution in [0.1, 0.15) is 43.5 Å². The molecule has 0 aliphatic rings. The van der Waals surface area contributed by atoms with Crippen molar-refractivity contribution in [3.63, 3.8) is 0 Å². The SMILES string of the molecule is CC(C)CCCCNC(=O)c1cnccc1NN. The van der Waals surface area contributed by atoms with E-state index in [-0.39, 0.29) is 5.91 Å². The van der Waals surface area contributed by atoms with Gasteiger partial charge in [0.05, 0.1) is 11.3 Å². The monoisotopic (exact) mass is 250 g/mol. The van der Waals surface area contributed by atoms with Crippen LogP contribution in [0.2, 0.25) is 0 Å². The number of hydrogen-bond donors (Lipinski definition) is 3. The maximum Gasteiger partial charge on any atom is 0.255 e. The van der Waals surface area contributed by atoms with E-state index in [4.69, 9.17) is 5.84 Å². The van der Waals surface area contributed by atoms with Gasteiger partial charge in [-0.05, 0) is 18.4 Å². The molecule has 0 aliphatic carbocycles. The molecule has 1 heterocycles. The number of rotatable bonds is 7. The molecule has 100 valence electrons. The summed E-state index contributed by atoms with van der Waals surface area (Å²) < 4.78 is 0. The number of hydrazine groups is 1. The lowest BCUT2D eigenvalue weighted by Gasteiger charge is -2.09. The second-order valence-corrected chi connectivity index (χ2v) is 4.71. The molecule has 1 aromatic heterocycles. The van der Waals surface area contributed by atoms with Gasteiger partial charge in [-0.15, -0.1) is 0 Å². The maximum absolute atomic E-state index is 11.9. The number of hydrogen-bond acceptors (Lipinski definition) is 4. The number of nitrogens with zero attached hydrogens (tertiary/aromatic N) is 1. The zero-order chi connectivity index (χ0) is 13.4. The molecule has 0 atom stereocenters. The number of carbonyl (C=O) groups excluding carboxylic acids is 1. The van der Waals surface area contributed by atoms with Gasteiger partial charge in [0, 0.05) is 18.9 Å². The second kappa shape index (κ2) is 7.66. The molecule has 0 saturated heterocycles. The molecule has 1 amide bonds. The summed E-state index contributed by atoms with van der Waals surface area (Å²) >= 11 is 0. The number of nitrogen functional groups attached to an aromatic ring is 1. The molecular formula is C13H22N4O. The van der Waals surface area contributed by atoms with Gasteiger partial charge in [-0.25, -0.2) is 0 Å². The molecule has 5 heteroatoms. The summed E-state index contributed by atoms with van der Waals surface area (Å²) in [6.07, 6.45) is 6.42. The molecule has 5 nitrogen and oxygen atoms in total. The smallest absolute Gasteiger partial charge is 0.255 e. The van der Waals surface area contributed by atoms with Crippen LogP contribution >= 0.6 is 0 Å². The predicted octanol–water partition coefficient (Wildman–Crippen LogP) is 1.92. The molecule has 0 radical (unpaired) electrons. The Balaban J connectivity index is 2.36. The van der Waals surface area contributed by atoms with Crippen LogP contribution in [-0.2, 0) is 0 Å². The number of carbonyl (C=O) groups is 1. The molecule has 0 fully saturated rings. The summed E-state index contributed by atoms with van der Waals surface area (Å²) in [5, 5.41) is 2.87. The number of aromatic nitrogens is 1. The average Bonchev–Trinajstić information content (AvgIpc) is 2.37. The molecule has 0 aromatic carbocycles. The van der Waals surface area contributed by atoms with Gasteiger partial charge in [0.25, 0.3) is 5.91 Å². The van der Waals surface area contributed by atoms with Crippen molar-refractivity contribution in [1.82, 2.24) is 10.3 Å². The van der Waals surface area contributed by atoms with Crippen LogP contribution in [0.4, 0.5) is 5.69 Å². The molecule has 0 unspecified atom stereocenters. The lowest BCUT2D eigenvalue weighted by atomic mass is 10.1. The molecule has 4 N–H and O–H groups in total. The minimum atomic E-state index is -0.138. The standard InChI is InChI=1S/C13H22N4O/c1-10(2)5-3-4-7-16-13(18)11-9-15-8-6-12(11)17-14/h6,8-10H,3-5,7,14H2,1-2H3,(H,15,17)(H,16,18). The lowest BCUT2D eigenvalue weighted by Crippen LogP contribution is -2.26. The lowest BCUT2D eigenvalue weighted by molar-refractivity contribution is 0.0953. The number of unbranched alkanes of at least 4 members (excludes halogenated alkanes) is 1. The topological polar surface area (TPSA) is 80.0 Å². The van der Waals surface area contributed by atoms with E-state index in [1.807, 2.05) is 0 Å². The van der Waals surface area contributed by atoms with E-state index < -0.39 is 0 Å². The van der Waals surface area contributed by atoms with Crippen LogP contribution in [0.5, 0.6) is 0 Å². The molecule has 1 rings (SSSR count). The molecule has 1 aromatic rings. The molecule has 0 spiro atoms. The van der Waals surface area contributed by atoms with Crippen molar-refractivity contribution in [1.29, 1.82) is 0 Å². The van der Waals surface area contributed by atoms with E-state index in [1.165, 1.54) is 12.6 Å². The van der Waals surface area contributed by atoms with Crippen molar-refractivity contribution in [2.75, 3.05) is 12.0 Å². The first-order valence-electron chi connectivity index (χ1n) is 6.34. The first-order chi connectivity index (χ1) is 8.65. The average molecular weight is 250 g/mol. The largest absolute Gasteiger partial charge is 0.352 e. The summed E-state index contributed by atoms with van der Waals surface area (Å²) in [6, 6.07) is 1.67. The normalized spacial score (nSPS) is 10.4. The summed E-state index contributed by atoms with van der Waals surface area (Å²) in [4.78, 5) is 15.8. The maximum atomic E-state index is 11.9. The van der Waals surface area contributed by atoms with E-state index in [2.05, 4.69) is 29.6 Å². The fraction of sp³-hybridized carbons (Fsp3) is 0.538. The summed E-state index contributed by atoms with van der Waals surface area (Å²) in [6.45, 7) is 5.09. The van der Waals surface area contributed by atoms with Crippen LogP contribution in [-0.4, -0.2) is 17.4 Å². The third-order valence-electron chi connectivity index (χ3n) is 2.72. The Morgan fingerprint density at radius 1 is 1.44 bits per heavy atom. The van der Waals surface area contributed by atoms with Gasteiger partial charge in [0.15, 0.2) is 0 Å².